The highest BCUT2D eigenvalue weighted by molar-refractivity contribution is 6.24. The molecule has 0 N–H and O–H groups in total. The molecule has 1 unspecified atom stereocenters. The molecular weight excluding hydrogens is 213 g/mol. The van der Waals surface area contributed by atoms with E-state index in [9.17, 15) is 13.2 Å². The standard InChI is InChI=1S/C10H18ClF3/c1-6-8(4,5)10(11,14)9(12,13)7(2)3/h7H,6H2,1-5H3. The second kappa shape index (κ2) is 3.92. The lowest BCUT2D eigenvalue weighted by Crippen LogP contribution is -2.52. The van der Waals surface area contributed by atoms with E-state index in [1.54, 1.807) is 6.92 Å². The van der Waals surface area contributed by atoms with Gasteiger partial charge in [-0.15, -0.1) is 0 Å². The van der Waals surface area contributed by atoms with Crippen LogP contribution in [0.25, 0.3) is 0 Å². The van der Waals surface area contributed by atoms with Crippen LogP contribution in [0.5, 0.6) is 0 Å². The summed E-state index contributed by atoms with van der Waals surface area (Å²) in [4.78, 5) is 0. The molecule has 4 heteroatoms. The maximum atomic E-state index is 13.9. The van der Waals surface area contributed by atoms with Gasteiger partial charge in [-0.2, -0.15) is 0 Å². The van der Waals surface area contributed by atoms with Crippen molar-refractivity contribution in [3.63, 3.8) is 0 Å². The molecule has 0 aliphatic carbocycles. The quantitative estimate of drug-likeness (QED) is 0.619. The van der Waals surface area contributed by atoms with Crippen molar-refractivity contribution in [2.24, 2.45) is 11.3 Å². The van der Waals surface area contributed by atoms with Crippen molar-refractivity contribution in [3.8, 4) is 0 Å². The average Bonchev–Trinajstić information content (AvgIpc) is 2.03. The Morgan fingerprint density at radius 1 is 1.14 bits per heavy atom. The van der Waals surface area contributed by atoms with Crippen molar-refractivity contribution in [2.75, 3.05) is 0 Å². The summed E-state index contributed by atoms with van der Waals surface area (Å²) >= 11 is 5.40. The molecule has 0 rings (SSSR count). The molecule has 0 aromatic carbocycles. The fourth-order valence-corrected chi connectivity index (χ4v) is 1.39. The Balaban J connectivity index is 5.14. The van der Waals surface area contributed by atoms with Crippen molar-refractivity contribution in [2.45, 2.75) is 52.1 Å². The highest BCUT2D eigenvalue weighted by atomic mass is 35.5. The van der Waals surface area contributed by atoms with Crippen LogP contribution in [0.3, 0.4) is 0 Å². The zero-order valence-corrected chi connectivity index (χ0v) is 10.1. The van der Waals surface area contributed by atoms with Crippen LogP contribution in [0.1, 0.15) is 41.0 Å². The zero-order chi connectivity index (χ0) is 11.8. The normalized spacial score (nSPS) is 18.4. The van der Waals surface area contributed by atoms with Gasteiger partial charge in [-0.25, -0.2) is 13.2 Å². The first-order chi connectivity index (χ1) is 6.00. The molecule has 0 amide bonds. The molecule has 14 heavy (non-hydrogen) atoms. The summed E-state index contributed by atoms with van der Waals surface area (Å²) in [5.41, 5.74) is -1.25. The Hall–Kier alpha value is 0.0800. The molecule has 0 radical (unpaired) electrons. The van der Waals surface area contributed by atoms with Crippen molar-refractivity contribution in [1.82, 2.24) is 0 Å². The summed E-state index contributed by atoms with van der Waals surface area (Å²) in [5.74, 6) is -4.63. The summed E-state index contributed by atoms with van der Waals surface area (Å²) in [5, 5.41) is -3.00. The predicted octanol–water partition coefficient (Wildman–Crippen LogP) is 4.62. The highest BCUT2D eigenvalue weighted by Crippen LogP contribution is 2.53. The van der Waals surface area contributed by atoms with E-state index in [0.29, 0.717) is 0 Å². The zero-order valence-electron chi connectivity index (χ0n) is 9.30. The number of halogens is 4. The van der Waals surface area contributed by atoms with Crippen LogP contribution in [0, 0.1) is 11.3 Å². The summed E-state index contributed by atoms with van der Waals surface area (Å²) in [6, 6.07) is 0. The molecule has 0 aromatic heterocycles. The highest BCUT2D eigenvalue weighted by Gasteiger charge is 2.62. The Morgan fingerprint density at radius 3 is 1.71 bits per heavy atom. The van der Waals surface area contributed by atoms with Gasteiger partial charge < -0.3 is 0 Å². The van der Waals surface area contributed by atoms with Gasteiger partial charge in [-0.3, -0.25) is 0 Å². The maximum Gasteiger partial charge on any atom is 0.298 e. The molecule has 0 aliphatic rings. The summed E-state index contributed by atoms with van der Waals surface area (Å²) in [6.45, 7) is 7.00. The molecule has 0 aromatic rings. The minimum atomic E-state index is -3.52. The molecule has 0 saturated carbocycles. The molecule has 0 bridgehead atoms. The molecule has 0 spiro atoms. The van der Waals surface area contributed by atoms with Crippen LogP contribution in [-0.2, 0) is 0 Å². The number of hydrogen-bond donors (Lipinski definition) is 0. The lowest BCUT2D eigenvalue weighted by Gasteiger charge is -2.41. The first kappa shape index (κ1) is 14.1. The third kappa shape index (κ3) is 2.02. The van der Waals surface area contributed by atoms with Gasteiger partial charge in [0.1, 0.15) is 0 Å². The van der Waals surface area contributed by atoms with Gasteiger partial charge in [0.05, 0.1) is 0 Å². The van der Waals surface area contributed by atoms with E-state index in [0.717, 1.165) is 0 Å². The predicted molar refractivity (Wildman–Crippen MR) is 53.5 cm³/mol. The number of hydrogen-bond acceptors (Lipinski definition) is 0. The summed E-state index contributed by atoms with van der Waals surface area (Å²) in [6.07, 6.45) is 0.259. The molecular formula is C10H18ClF3. The van der Waals surface area contributed by atoms with Gasteiger partial charge in [-0.05, 0) is 6.42 Å². The van der Waals surface area contributed by atoms with Crippen LogP contribution in [0.2, 0.25) is 0 Å². The number of rotatable bonds is 4. The van der Waals surface area contributed by atoms with Gasteiger partial charge in [-0.1, -0.05) is 46.2 Å². The Labute approximate surface area is 88.8 Å². The molecule has 0 fully saturated rings. The van der Waals surface area contributed by atoms with Crippen molar-refractivity contribution in [3.05, 3.63) is 0 Å². The fraction of sp³-hybridized carbons (Fsp3) is 1.00. The Morgan fingerprint density at radius 2 is 1.50 bits per heavy atom. The van der Waals surface area contributed by atoms with Gasteiger partial charge in [0.2, 0.25) is 0 Å². The van der Waals surface area contributed by atoms with E-state index in [4.69, 9.17) is 11.6 Å². The first-order valence-electron chi connectivity index (χ1n) is 4.76. The Kier molecular flexibility index (Phi) is 3.94. The fourth-order valence-electron chi connectivity index (χ4n) is 1.04. The first-order valence-corrected chi connectivity index (χ1v) is 5.14. The molecule has 0 heterocycles. The second-order valence-electron chi connectivity index (χ2n) is 4.59. The van der Waals surface area contributed by atoms with E-state index in [1.165, 1.54) is 27.7 Å². The van der Waals surface area contributed by atoms with Crippen molar-refractivity contribution < 1.29 is 13.2 Å². The molecule has 0 saturated heterocycles. The molecule has 0 nitrogen and oxygen atoms in total. The third-order valence-electron chi connectivity index (χ3n) is 2.88. The van der Waals surface area contributed by atoms with E-state index >= 15 is 0 Å². The second-order valence-corrected chi connectivity index (χ2v) is 5.11. The Bertz CT molecular complexity index is 198. The minimum absolute atomic E-state index is 0.259. The number of alkyl halides is 4. The van der Waals surface area contributed by atoms with Crippen LogP contribution >= 0.6 is 11.6 Å². The third-order valence-corrected chi connectivity index (χ3v) is 3.64. The monoisotopic (exact) mass is 230 g/mol. The van der Waals surface area contributed by atoms with Crippen LogP contribution < -0.4 is 0 Å². The molecule has 1 atom stereocenters. The van der Waals surface area contributed by atoms with Gasteiger partial charge in [0.15, 0.2) is 0 Å². The SMILES string of the molecule is CCC(C)(C)C(F)(Cl)C(F)(F)C(C)C. The lowest BCUT2D eigenvalue weighted by molar-refractivity contribution is -0.170. The van der Waals surface area contributed by atoms with E-state index in [-0.39, 0.29) is 6.42 Å². The van der Waals surface area contributed by atoms with Gasteiger partial charge in [0, 0.05) is 11.3 Å². The molecule has 86 valence electrons. The smallest absolute Gasteiger partial charge is 0.219 e. The van der Waals surface area contributed by atoms with E-state index < -0.39 is 22.4 Å². The largest absolute Gasteiger partial charge is 0.298 e. The summed E-state index contributed by atoms with van der Waals surface area (Å²) < 4.78 is 40.9. The van der Waals surface area contributed by atoms with Crippen molar-refractivity contribution >= 4 is 11.6 Å². The van der Waals surface area contributed by atoms with Crippen molar-refractivity contribution in [1.29, 1.82) is 0 Å². The molecule has 0 aliphatic heterocycles. The van der Waals surface area contributed by atoms with Gasteiger partial charge in [0.25, 0.3) is 11.1 Å². The average molecular weight is 231 g/mol. The van der Waals surface area contributed by atoms with Crippen LogP contribution in [-0.4, -0.2) is 11.1 Å². The lowest BCUT2D eigenvalue weighted by atomic mass is 9.78. The maximum absolute atomic E-state index is 13.9. The topological polar surface area (TPSA) is 0 Å². The summed E-state index contributed by atoms with van der Waals surface area (Å²) in [7, 11) is 0. The van der Waals surface area contributed by atoms with E-state index in [1.807, 2.05) is 0 Å². The minimum Gasteiger partial charge on any atom is -0.219 e. The van der Waals surface area contributed by atoms with E-state index in [2.05, 4.69) is 0 Å². The van der Waals surface area contributed by atoms with Crippen LogP contribution in [0.15, 0.2) is 0 Å². The van der Waals surface area contributed by atoms with Gasteiger partial charge >= 0.3 is 0 Å². The van der Waals surface area contributed by atoms with Crippen LogP contribution in [0.4, 0.5) is 13.2 Å².